The van der Waals surface area contributed by atoms with Gasteiger partial charge in [-0.2, -0.15) is 0 Å². The predicted octanol–water partition coefficient (Wildman–Crippen LogP) is 3.04. The molecule has 3 fully saturated rings. The second-order valence-electron chi connectivity index (χ2n) is 6.25. The Kier molecular flexibility index (Phi) is 2.69. The zero-order valence-electron chi connectivity index (χ0n) is 10.3. The second kappa shape index (κ2) is 3.94. The Morgan fingerprint density at radius 1 is 1.31 bits per heavy atom. The summed E-state index contributed by atoms with van der Waals surface area (Å²) in [5.41, 5.74) is 0.471. The van der Waals surface area contributed by atoms with E-state index in [2.05, 4.69) is 19.2 Å². The highest BCUT2D eigenvalue weighted by Crippen LogP contribution is 2.48. The van der Waals surface area contributed by atoms with Crippen LogP contribution >= 0.6 is 11.8 Å². The first kappa shape index (κ1) is 10.9. The minimum Gasteiger partial charge on any atom is -0.362 e. The number of amidine groups is 1. The highest BCUT2D eigenvalue weighted by atomic mass is 32.2. The zero-order chi connectivity index (χ0) is 11.2. The van der Waals surface area contributed by atoms with Gasteiger partial charge in [0.15, 0.2) is 5.17 Å². The summed E-state index contributed by atoms with van der Waals surface area (Å²) in [5, 5.41) is 4.91. The van der Waals surface area contributed by atoms with Crippen molar-refractivity contribution >= 4 is 16.9 Å². The normalized spacial score (nSPS) is 43.6. The van der Waals surface area contributed by atoms with E-state index < -0.39 is 0 Å². The van der Waals surface area contributed by atoms with Crippen molar-refractivity contribution in [2.45, 2.75) is 58.0 Å². The van der Waals surface area contributed by atoms with Crippen molar-refractivity contribution in [3.05, 3.63) is 0 Å². The van der Waals surface area contributed by atoms with Crippen LogP contribution in [0.4, 0.5) is 0 Å². The lowest BCUT2D eigenvalue weighted by Gasteiger charge is -2.36. The fourth-order valence-corrected chi connectivity index (χ4v) is 4.07. The molecule has 3 atom stereocenters. The van der Waals surface area contributed by atoms with Gasteiger partial charge in [-0.05, 0) is 30.6 Å². The lowest BCUT2D eigenvalue weighted by molar-refractivity contribution is 0.311. The van der Waals surface area contributed by atoms with Crippen molar-refractivity contribution < 1.29 is 0 Å². The molecule has 0 radical (unpaired) electrons. The van der Waals surface area contributed by atoms with Gasteiger partial charge < -0.3 is 5.32 Å². The molecule has 0 aromatic heterocycles. The largest absolute Gasteiger partial charge is 0.362 e. The number of hydrogen-bond donors (Lipinski definition) is 1. The van der Waals surface area contributed by atoms with E-state index in [1.807, 2.05) is 11.8 Å². The van der Waals surface area contributed by atoms with Gasteiger partial charge in [-0.15, -0.1) is 0 Å². The Labute approximate surface area is 103 Å². The molecule has 90 valence electrons. The Balaban J connectivity index is 1.62. The zero-order valence-corrected chi connectivity index (χ0v) is 11.1. The van der Waals surface area contributed by atoms with Crippen molar-refractivity contribution in [2.75, 3.05) is 5.75 Å². The van der Waals surface area contributed by atoms with Gasteiger partial charge in [0.1, 0.15) is 0 Å². The van der Waals surface area contributed by atoms with Crippen LogP contribution in [0, 0.1) is 11.3 Å². The Bertz CT molecular complexity index is 311. The molecule has 1 heterocycles. The van der Waals surface area contributed by atoms with Gasteiger partial charge in [0, 0.05) is 11.8 Å². The van der Waals surface area contributed by atoms with Crippen molar-refractivity contribution in [1.29, 1.82) is 0 Å². The van der Waals surface area contributed by atoms with Crippen LogP contribution in [-0.4, -0.2) is 23.0 Å². The molecule has 2 aliphatic carbocycles. The molecule has 0 amide bonds. The standard InChI is InChI=1S/C13H22N2S/c1-13(2)7-11(13)15-12-14-10-6-4-3-5-9(10)8-16-12/h9-11H,3-8H2,1-2H3,(H,14,15). The monoisotopic (exact) mass is 238 g/mol. The van der Waals surface area contributed by atoms with E-state index in [1.165, 1.54) is 43.0 Å². The molecule has 2 saturated carbocycles. The van der Waals surface area contributed by atoms with Crippen LogP contribution in [0.25, 0.3) is 0 Å². The number of aliphatic imine (C=N–C) groups is 1. The Morgan fingerprint density at radius 3 is 2.81 bits per heavy atom. The summed E-state index contributed by atoms with van der Waals surface area (Å²) in [6.07, 6.45) is 6.89. The van der Waals surface area contributed by atoms with Crippen LogP contribution in [-0.2, 0) is 0 Å². The van der Waals surface area contributed by atoms with Gasteiger partial charge in [0.05, 0.1) is 6.04 Å². The molecular weight excluding hydrogens is 216 g/mol. The van der Waals surface area contributed by atoms with E-state index in [4.69, 9.17) is 4.99 Å². The maximum Gasteiger partial charge on any atom is 0.157 e. The minimum absolute atomic E-state index is 0.471. The maximum absolute atomic E-state index is 4.86. The molecule has 2 nitrogen and oxygen atoms in total. The van der Waals surface area contributed by atoms with Crippen LogP contribution in [0.1, 0.15) is 46.0 Å². The molecule has 3 heteroatoms. The Morgan fingerprint density at radius 2 is 2.06 bits per heavy atom. The van der Waals surface area contributed by atoms with Crippen LogP contribution in [0.15, 0.2) is 4.99 Å². The van der Waals surface area contributed by atoms with E-state index in [0.29, 0.717) is 11.5 Å². The summed E-state index contributed by atoms with van der Waals surface area (Å²) in [6, 6.07) is 1.32. The van der Waals surface area contributed by atoms with E-state index in [-0.39, 0.29) is 0 Å². The number of nitrogens with zero attached hydrogens (tertiary/aromatic N) is 1. The fourth-order valence-electron chi connectivity index (χ4n) is 2.86. The van der Waals surface area contributed by atoms with Gasteiger partial charge in [-0.3, -0.25) is 4.99 Å². The summed E-state index contributed by atoms with van der Waals surface area (Å²) in [4.78, 5) is 4.86. The molecule has 1 saturated heterocycles. The van der Waals surface area contributed by atoms with E-state index in [1.54, 1.807) is 0 Å². The summed E-state index contributed by atoms with van der Waals surface area (Å²) in [6.45, 7) is 4.64. The quantitative estimate of drug-likeness (QED) is 0.759. The highest BCUT2D eigenvalue weighted by molar-refractivity contribution is 8.13. The van der Waals surface area contributed by atoms with Gasteiger partial charge in [0.25, 0.3) is 0 Å². The third-order valence-electron chi connectivity index (χ3n) is 4.39. The third-order valence-corrected chi connectivity index (χ3v) is 5.48. The van der Waals surface area contributed by atoms with Gasteiger partial charge >= 0.3 is 0 Å². The smallest absolute Gasteiger partial charge is 0.157 e. The molecule has 0 aromatic carbocycles. The number of nitrogens with one attached hydrogen (secondary N) is 1. The molecule has 16 heavy (non-hydrogen) atoms. The van der Waals surface area contributed by atoms with Crippen molar-refractivity contribution in [3.63, 3.8) is 0 Å². The van der Waals surface area contributed by atoms with E-state index in [0.717, 1.165) is 12.0 Å². The van der Waals surface area contributed by atoms with Crippen molar-refractivity contribution in [2.24, 2.45) is 16.3 Å². The minimum atomic E-state index is 0.471. The van der Waals surface area contributed by atoms with E-state index in [9.17, 15) is 0 Å². The fraction of sp³-hybridized carbons (Fsp3) is 0.923. The van der Waals surface area contributed by atoms with Gasteiger partial charge in [0.2, 0.25) is 0 Å². The SMILES string of the molecule is CC1(C)CC1N=C1NC2CCCCC2CS1. The molecule has 0 bridgehead atoms. The summed E-state index contributed by atoms with van der Waals surface area (Å²) < 4.78 is 0. The molecule has 1 aliphatic heterocycles. The molecule has 3 aliphatic rings. The van der Waals surface area contributed by atoms with Gasteiger partial charge in [-0.25, -0.2) is 0 Å². The Hall–Kier alpha value is -0.180. The summed E-state index contributed by atoms with van der Waals surface area (Å²) >= 11 is 1.96. The van der Waals surface area contributed by atoms with Crippen LogP contribution in [0.5, 0.6) is 0 Å². The molecule has 0 spiro atoms. The summed E-state index contributed by atoms with van der Waals surface area (Å²) in [5.74, 6) is 2.20. The predicted molar refractivity (Wildman–Crippen MR) is 71.0 cm³/mol. The topological polar surface area (TPSA) is 24.4 Å². The molecule has 1 N–H and O–H groups in total. The van der Waals surface area contributed by atoms with Crippen LogP contribution < -0.4 is 5.32 Å². The molecule has 0 aromatic rings. The molecule has 3 rings (SSSR count). The first-order valence-electron chi connectivity index (χ1n) is 6.62. The van der Waals surface area contributed by atoms with Crippen molar-refractivity contribution in [1.82, 2.24) is 5.32 Å². The van der Waals surface area contributed by atoms with Crippen molar-refractivity contribution in [3.8, 4) is 0 Å². The third kappa shape index (κ3) is 2.11. The number of thioether (sulfide) groups is 1. The maximum atomic E-state index is 4.86. The lowest BCUT2D eigenvalue weighted by atomic mass is 9.86. The number of fused-ring (bicyclic) bond motifs is 1. The first-order chi connectivity index (χ1) is 7.65. The lowest BCUT2D eigenvalue weighted by Crippen LogP contribution is -2.46. The average Bonchev–Trinajstić information content (AvgIpc) is 2.86. The second-order valence-corrected chi connectivity index (χ2v) is 7.26. The number of rotatable bonds is 1. The summed E-state index contributed by atoms with van der Waals surface area (Å²) in [7, 11) is 0. The molecular formula is C13H22N2S. The highest BCUT2D eigenvalue weighted by Gasteiger charge is 2.46. The van der Waals surface area contributed by atoms with Gasteiger partial charge in [-0.1, -0.05) is 38.5 Å². The first-order valence-corrected chi connectivity index (χ1v) is 7.61. The average molecular weight is 238 g/mol. The van der Waals surface area contributed by atoms with E-state index >= 15 is 0 Å². The molecule has 3 unspecified atom stereocenters. The van der Waals surface area contributed by atoms with Crippen LogP contribution in [0.3, 0.4) is 0 Å². The number of hydrogen-bond acceptors (Lipinski definition) is 2. The van der Waals surface area contributed by atoms with Crippen LogP contribution in [0.2, 0.25) is 0 Å².